The summed E-state index contributed by atoms with van der Waals surface area (Å²) in [5, 5.41) is 16.0. The van der Waals surface area contributed by atoms with E-state index in [4.69, 9.17) is 4.74 Å². The number of hydrogen-bond donors (Lipinski definition) is 2. The summed E-state index contributed by atoms with van der Waals surface area (Å²) < 4.78 is 6.71. The number of aliphatic carboxylic acids is 1. The Morgan fingerprint density at radius 3 is 2.53 bits per heavy atom. The molecule has 1 aliphatic heterocycles. The molecule has 174 valence electrons. The van der Waals surface area contributed by atoms with Crippen molar-refractivity contribution in [1.29, 1.82) is 0 Å². The van der Waals surface area contributed by atoms with Gasteiger partial charge in [-0.3, -0.25) is 4.79 Å². The monoisotopic (exact) mass is 437 g/mol. The molecule has 0 amide bonds. The second kappa shape index (κ2) is 10.8. The van der Waals surface area contributed by atoms with Crippen LogP contribution in [-0.4, -0.2) is 30.8 Å². The number of carbonyl (C=O) groups is 1. The molecule has 2 aromatic carbocycles. The van der Waals surface area contributed by atoms with Crippen LogP contribution in [0.5, 0.6) is 0 Å². The average Bonchev–Trinajstić information content (AvgIpc) is 2.79. The summed E-state index contributed by atoms with van der Waals surface area (Å²) in [6.07, 6.45) is 9.92. The van der Waals surface area contributed by atoms with Crippen molar-refractivity contribution < 1.29 is 14.6 Å². The van der Waals surface area contributed by atoms with Crippen molar-refractivity contribution in [3.8, 4) is 0 Å². The maximum absolute atomic E-state index is 12.2. The summed E-state index contributed by atoms with van der Waals surface area (Å²) in [5.41, 5.74) is 1.06. The molecule has 1 heterocycles. The standard InChI is InChI=1S/C28H39NO3/c1-2-3-4-5-10-17-32-26(23-16-15-21-11-6-7-12-22(21)18-23)28(19-29-20-28)25-14-9-8-13-24(25)27(30)31/h6-7,11-12,15-16,18,24-26,29H,2-5,8-10,13-14,17,19-20H2,1H3,(H,30,31). The number of unbranched alkanes of at least 4 members (excludes halogenated alkanes) is 4. The average molecular weight is 438 g/mol. The van der Waals surface area contributed by atoms with Gasteiger partial charge in [-0.15, -0.1) is 0 Å². The van der Waals surface area contributed by atoms with E-state index >= 15 is 0 Å². The van der Waals surface area contributed by atoms with Gasteiger partial charge in [-0.05, 0) is 47.6 Å². The lowest BCUT2D eigenvalue weighted by molar-refractivity contribution is -0.159. The molecular weight excluding hydrogens is 398 g/mol. The molecule has 3 unspecified atom stereocenters. The van der Waals surface area contributed by atoms with Crippen LogP contribution in [0.4, 0.5) is 0 Å². The van der Waals surface area contributed by atoms with Gasteiger partial charge in [0.15, 0.2) is 0 Å². The zero-order valence-electron chi connectivity index (χ0n) is 19.5. The molecule has 1 saturated carbocycles. The zero-order valence-corrected chi connectivity index (χ0v) is 19.5. The molecule has 2 fully saturated rings. The maximum atomic E-state index is 12.2. The first-order valence-electron chi connectivity index (χ1n) is 12.7. The van der Waals surface area contributed by atoms with E-state index in [1.54, 1.807) is 0 Å². The highest BCUT2D eigenvalue weighted by atomic mass is 16.5. The molecule has 0 aromatic heterocycles. The van der Waals surface area contributed by atoms with Crippen LogP contribution in [0.3, 0.4) is 0 Å². The molecule has 0 bridgehead atoms. The van der Waals surface area contributed by atoms with Crippen LogP contribution in [0.1, 0.15) is 76.4 Å². The van der Waals surface area contributed by atoms with Crippen LogP contribution in [0.2, 0.25) is 0 Å². The van der Waals surface area contributed by atoms with Crippen LogP contribution < -0.4 is 5.32 Å². The lowest BCUT2D eigenvalue weighted by Gasteiger charge is -2.55. The van der Waals surface area contributed by atoms with Crippen LogP contribution >= 0.6 is 0 Å². The van der Waals surface area contributed by atoms with Gasteiger partial charge in [-0.25, -0.2) is 0 Å². The Hall–Kier alpha value is -1.91. The van der Waals surface area contributed by atoms with Gasteiger partial charge in [0, 0.05) is 25.1 Å². The molecule has 1 saturated heterocycles. The Morgan fingerprint density at radius 1 is 1.06 bits per heavy atom. The van der Waals surface area contributed by atoms with Crippen molar-refractivity contribution >= 4 is 16.7 Å². The Kier molecular flexibility index (Phi) is 7.85. The minimum atomic E-state index is -0.627. The lowest BCUT2D eigenvalue weighted by Crippen LogP contribution is -2.63. The summed E-state index contributed by atoms with van der Waals surface area (Å²) in [6.45, 7) is 4.67. The van der Waals surface area contributed by atoms with Gasteiger partial charge in [0.1, 0.15) is 0 Å². The second-order valence-electron chi connectivity index (χ2n) is 9.94. The predicted molar refractivity (Wildman–Crippen MR) is 130 cm³/mol. The van der Waals surface area contributed by atoms with Crippen molar-refractivity contribution in [3.63, 3.8) is 0 Å². The van der Waals surface area contributed by atoms with Crippen LogP contribution in [0.15, 0.2) is 42.5 Å². The van der Waals surface area contributed by atoms with E-state index in [-0.39, 0.29) is 23.4 Å². The van der Waals surface area contributed by atoms with E-state index in [0.717, 1.165) is 51.8 Å². The fraction of sp³-hybridized carbons (Fsp3) is 0.607. The molecule has 4 heteroatoms. The van der Waals surface area contributed by atoms with E-state index in [2.05, 4.69) is 54.7 Å². The smallest absolute Gasteiger partial charge is 0.306 e. The van der Waals surface area contributed by atoms with Crippen LogP contribution in [0, 0.1) is 17.3 Å². The molecule has 0 spiro atoms. The van der Waals surface area contributed by atoms with Crippen molar-refractivity contribution in [3.05, 3.63) is 48.0 Å². The molecule has 4 rings (SSSR count). The zero-order chi connectivity index (χ0) is 22.4. The number of carboxylic acids is 1. The van der Waals surface area contributed by atoms with Gasteiger partial charge in [0.05, 0.1) is 12.0 Å². The molecule has 2 aliphatic rings. The van der Waals surface area contributed by atoms with Crippen LogP contribution in [-0.2, 0) is 9.53 Å². The van der Waals surface area contributed by atoms with Crippen molar-refractivity contribution in [1.82, 2.24) is 5.32 Å². The highest BCUT2D eigenvalue weighted by Gasteiger charge is 2.55. The topological polar surface area (TPSA) is 58.6 Å². The third-order valence-corrected chi connectivity index (χ3v) is 7.86. The minimum Gasteiger partial charge on any atom is -0.481 e. The van der Waals surface area contributed by atoms with E-state index in [9.17, 15) is 9.90 Å². The lowest BCUT2D eigenvalue weighted by atomic mass is 9.57. The first-order chi connectivity index (χ1) is 15.7. The summed E-state index contributed by atoms with van der Waals surface area (Å²) in [4.78, 5) is 12.2. The Morgan fingerprint density at radius 2 is 1.81 bits per heavy atom. The third kappa shape index (κ3) is 4.87. The predicted octanol–water partition coefficient (Wildman–Crippen LogP) is 6.35. The number of fused-ring (bicyclic) bond motifs is 1. The molecule has 1 aliphatic carbocycles. The van der Waals surface area contributed by atoms with E-state index in [0.29, 0.717) is 0 Å². The molecule has 0 radical (unpaired) electrons. The molecule has 32 heavy (non-hydrogen) atoms. The van der Waals surface area contributed by atoms with Crippen molar-refractivity contribution in [2.45, 2.75) is 70.8 Å². The molecular formula is C28H39NO3. The fourth-order valence-corrected chi connectivity index (χ4v) is 6.04. The summed E-state index contributed by atoms with van der Waals surface area (Å²) >= 11 is 0. The molecule has 2 N–H and O–H groups in total. The number of carboxylic acid groups (broad SMARTS) is 1. The highest BCUT2D eigenvalue weighted by Crippen LogP contribution is 2.53. The number of ether oxygens (including phenoxy) is 1. The Balaban J connectivity index is 1.62. The summed E-state index contributed by atoms with van der Waals surface area (Å²) in [5.74, 6) is -0.730. The van der Waals surface area contributed by atoms with Gasteiger partial charge in [-0.2, -0.15) is 0 Å². The quantitative estimate of drug-likeness (QED) is 0.402. The van der Waals surface area contributed by atoms with E-state index in [1.165, 1.54) is 42.0 Å². The Labute approximate surface area is 192 Å². The highest BCUT2D eigenvalue weighted by molar-refractivity contribution is 5.83. The number of rotatable bonds is 11. The molecule has 4 nitrogen and oxygen atoms in total. The van der Waals surface area contributed by atoms with Crippen molar-refractivity contribution in [2.24, 2.45) is 17.3 Å². The minimum absolute atomic E-state index is 0.0653. The number of benzene rings is 2. The van der Waals surface area contributed by atoms with E-state index < -0.39 is 5.97 Å². The first kappa shape index (κ1) is 23.3. The van der Waals surface area contributed by atoms with Gasteiger partial charge in [0.2, 0.25) is 0 Å². The van der Waals surface area contributed by atoms with Gasteiger partial charge >= 0.3 is 5.97 Å². The van der Waals surface area contributed by atoms with Crippen LogP contribution in [0.25, 0.3) is 10.8 Å². The fourth-order valence-electron chi connectivity index (χ4n) is 6.04. The van der Waals surface area contributed by atoms with Gasteiger partial charge in [0.25, 0.3) is 0 Å². The first-order valence-corrected chi connectivity index (χ1v) is 12.7. The van der Waals surface area contributed by atoms with E-state index in [1.807, 2.05) is 0 Å². The van der Waals surface area contributed by atoms with Crippen molar-refractivity contribution in [2.75, 3.05) is 19.7 Å². The Bertz CT molecular complexity index is 891. The van der Waals surface area contributed by atoms with Gasteiger partial charge in [-0.1, -0.05) is 81.8 Å². The molecule has 2 aromatic rings. The SMILES string of the molecule is CCCCCCCOC(c1ccc2ccccc2c1)C1(C2CCCCC2C(=O)O)CNC1. The molecule has 3 atom stereocenters. The van der Waals surface area contributed by atoms with Gasteiger partial charge < -0.3 is 15.2 Å². The normalized spacial score (nSPS) is 23.5. The third-order valence-electron chi connectivity index (χ3n) is 7.86. The maximum Gasteiger partial charge on any atom is 0.306 e. The second-order valence-corrected chi connectivity index (χ2v) is 9.94. The largest absolute Gasteiger partial charge is 0.481 e. The number of hydrogen-bond acceptors (Lipinski definition) is 3. The number of nitrogens with one attached hydrogen (secondary N) is 1. The summed E-state index contributed by atoms with van der Waals surface area (Å²) in [7, 11) is 0. The summed E-state index contributed by atoms with van der Waals surface area (Å²) in [6, 6.07) is 15.1.